The molecule has 0 unspecified atom stereocenters. The van der Waals surface area contributed by atoms with Crippen molar-refractivity contribution in [3.8, 4) is 0 Å². The van der Waals surface area contributed by atoms with Crippen molar-refractivity contribution in [2.24, 2.45) is 0 Å². The Morgan fingerprint density at radius 1 is 1.05 bits per heavy atom. The maximum atomic E-state index is 8.77. The first-order chi connectivity index (χ1) is 9.93. The molecule has 2 aromatic carbocycles. The molecular weight excluding hydrogens is 309 g/mol. The van der Waals surface area contributed by atoms with Crippen molar-refractivity contribution in [2.45, 2.75) is 6.54 Å². The quantitative estimate of drug-likeness (QED) is 0.555. The summed E-state index contributed by atoms with van der Waals surface area (Å²) in [7, 11) is -4.89. The summed E-state index contributed by atoms with van der Waals surface area (Å²) in [6.45, 7) is 0.949. The van der Waals surface area contributed by atoms with E-state index in [2.05, 4.69) is 64.7 Å². The maximum absolute atomic E-state index is 8.77. The normalized spacial score (nSPS) is 11.0. The molecule has 21 heavy (non-hydrogen) atoms. The lowest BCUT2D eigenvalue weighted by molar-refractivity contribution is -0.658. The second-order valence-corrected chi connectivity index (χ2v) is 6.16. The van der Waals surface area contributed by atoms with E-state index in [1.807, 2.05) is 0 Å². The van der Waals surface area contributed by atoms with Gasteiger partial charge in [-0.15, -0.1) is 0 Å². The van der Waals surface area contributed by atoms with Gasteiger partial charge in [-0.25, -0.2) is 0 Å². The lowest BCUT2D eigenvalue weighted by atomic mass is 10.2. The van der Waals surface area contributed by atoms with Crippen LogP contribution in [-0.2, 0) is 11.1 Å². The third-order valence-corrected chi connectivity index (χ3v) is 3.64. The van der Waals surface area contributed by atoms with E-state index < -0.39 is 7.82 Å². The summed E-state index contributed by atoms with van der Waals surface area (Å²) in [6, 6.07) is 19.1. The summed E-state index contributed by atoms with van der Waals surface area (Å²) in [4.78, 5) is 22.9. The summed E-state index contributed by atoms with van der Waals surface area (Å²) in [6.07, 6.45) is 0. The van der Waals surface area contributed by atoms with Gasteiger partial charge in [-0.3, -0.25) is 4.57 Å². The van der Waals surface area contributed by atoms with Gasteiger partial charge >= 0.3 is 0 Å². The molecule has 0 aliphatic carbocycles. The fourth-order valence-electron chi connectivity index (χ4n) is 1.87. The summed E-state index contributed by atoms with van der Waals surface area (Å²) >= 11 is 1.80. The van der Waals surface area contributed by atoms with E-state index in [0.29, 0.717) is 0 Å². The first-order valence-electron chi connectivity index (χ1n) is 6.09. The highest BCUT2D eigenvalue weighted by molar-refractivity contribution is 7.43. The van der Waals surface area contributed by atoms with Crippen LogP contribution < -0.4 is 9.46 Å². The van der Waals surface area contributed by atoms with Crippen molar-refractivity contribution in [3.63, 3.8) is 0 Å². The second-order valence-electron chi connectivity index (χ2n) is 4.30. The number of rotatable bonds is 2. The smallest absolute Gasteiger partial charge is 0.262 e. The molecule has 0 bridgehead atoms. The Labute approximate surface area is 126 Å². The predicted octanol–water partition coefficient (Wildman–Crippen LogP) is 1.68. The van der Waals surface area contributed by atoms with Gasteiger partial charge in [0.05, 0.1) is 0 Å². The Morgan fingerprint density at radius 2 is 1.62 bits per heavy atom. The number of para-hydroxylation sites is 1. The average molecular weight is 323 g/mol. The zero-order chi connectivity index (χ0) is 15.3. The zero-order valence-electron chi connectivity index (χ0n) is 11.0. The van der Waals surface area contributed by atoms with Crippen LogP contribution in [0.5, 0.6) is 0 Å². The van der Waals surface area contributed by atoms with Gasteiger partial charge in [0.15, 0.2) is 6.54 Å². The van der Waals surface area contributed by atoms with Crippen LogP contribution in [0.25, 0.3) is 10.2 Å². The lowest BCUT2D eigenvalue weighted by Gasteiger charge is -2.01. The van der Waals surface area contributed by atoms with E-state index in [9.17, 15) is 0 Å². The van der Waals surface area contributed by atoms with E-state index in [1.165, 1.54) is 15.8 Å². The van der Waals surface area contributed by atoms with Crippen LogP contribution >= 0.6 is 19.2 Å². The van der Waals surface area contributed by atoms with Crippen molar-refractivity contribution < 1.29 is 23.8 Å². The van der Waals surface area contributed by atoms with E-state index in [1.54, 1.807) is 11.3 Å². The van der Waals surface area contributed by atoms with E-state index in [-0.39, 0.29) is 0 Å². The highest BCUT2D eigenvalue weighted by Crippen LogP contribution is 2.19. The molecule has 1 aromatic heterocycles. The van der Waals surface area contributed by atoms with Gasteiger partial charge in [0.1, 0.15) is 4.70 Å². The molecule has 110 valence electrons. The van der Waals surface area contributed by atoms with Crippen LogP contribution in [0.2, 0.25) is 0 Å². The Bertz CT molecular complexity index is 746. The zero-order valence-corrected chi connectivity index (χ0v) is 12.7. The van der Waals surface area contributed by atoms with Gasteiger partial charge in [0.2, 0.25) is 11.0 Å². The molecule has 5 nitrogen and oxygen atoms in total. The van der Waals surface area contributed by atoms with Crippen LogP contribution in [0.3, 0.4) is 0 Å². The minimum Gasteiger partial charge on any atom is -0.756 e. The Morgan fingerprint density at radius 3 is 2.29 bits per heavy atom. The van der Waals surface area contributed by atoms with Gasteiger partial charge in [0.25, 0.3) is 7.82 Å². The van der Waals surface area contributed by atoms with Crippen molar-refractivity contribution in [1.82, 2.24) is 0 Å². The molecule has 3 aromatic rings. The topological polar surface area (TPSA) is 84.5 Å². The minimum atomic E-state index is -4.89. The van der Waals surface area contributed by atoms with Crippen molar-refractivity contribution >= 4 is 29.4 Å². The molecule has 0 saturated heterocycles. The highest BCUT2D eigenvalue weighted by atomic mass is 32.1. The molecule has 2 N–H and O–H groups in total. The van der Waals surface area contributed by atoms with Gasteiger partial charge in [-0.2, -0.15) is 4.57 Å². The molecular formula is C14H14NO4PS. The number of aromatic nitrogens is 1. The fourth-order valence-corrected chi connectivity index (χ4v) is 2.77. The van der Waals surface area contributed by atoms with Crippen molar-refractivity contribution in [1.29, 1.82) is 0 Å². The first-order valence-corrected chi connectivity index (χ1v) is 8.50. The molecule has 3 rings (SSSR count). The summed E-state index contributed by atoms with van der Waals surface area (Å²) in [5.41, 5.74) is 4.85. The molecule has 7 heteroatoms. The van der Waals surface area contributed by atoms with E-state index in [0.717, 1.165) is 6.54 Å². The summed E-state index contributed by atoms with van der Waals surface area (Å²) < 4.78 is 12.4. The molecule has 0 radical (unpaired) electrons. The first kappa shape index (κ1) is 15.8. The number of nitrogens with zero attached hydrogens (tertiary/aromatic N) is 1. The van der Waals surface area contributed by atoms with Gasteiger partial charge < -0.3 is 14.7 Å². The highest BCUT2D eigenvalue weighted by Gasteiger charge is 2.10. The molecule has 0 spiro atoms. The monoisotopic (exact) mass is 323 g/mol. The lowest BCUT2D eigenvalue weighted by Crippen LogP contribution is -2.31. The van der Waals surface area contributed by atoms with Crippen LogP contribution in [0, 0.1) is 0 Å². The third kappa shape index (κ3) is 5.38. The molecule has 0 aliphatic rings. The third-order valence-electron chi connectivity index (χ3n) is 2.68. The van der Waals surface area contributed by atoms with Crippen molar-refractivity contribution in [2.75, 3.05) is 0 Å². The molecule has 0 aliphatic heterocycles. The number of hydrogen-bond acceptors (Lipinski definition) is 3. The molecule has 0 amide bonds. The fraction of sp³-hybridized carbons (Fsp3) is 0.0714. The van der Waals surface area contributed by atoms with Crippen molar-refractivity contribution in [3.05, 3.63) is 65.7 Å². The van der Waals surface area contributed by atoms with Crippen LogP contribution in [0.4, 0.5) is 0 Å². The van der Waals surface area contributed by atoms with E-state index >= 15 is 0 Å². The van der Waals surface area contributed by atoms with Crippen LogP contribution in [-0.4, -0.2) is 9.79 Å². The maximum Gasteiger partial charge on any atom is 0.262 e. The number of benzene rings is 2. The van der Waals surface area contributed by atoms with Gasteiger partial charge in [0, 0.05) is 11.6 Å². The van der Waals surface area contributed by atoms with Gasteiger partial charge in [-0.1, -0.05) is 53.8 Å². The number of fused-ring (bicyclic) bond motifs is 1. The van der Waals surface area contributed by atoms with Gasteiger partial charge in [-0.05, 0) is 6.07 Å². The Hall–Kier alpha value is -1.56. The minimum absolute atomic E-state index is 0.949. The molecule has 0 saturated carbocycles. The van der Waals surface area contributed by atoms with Crippen LogP contribution in [0.1, 0.15) is 5.56 Å². The second kappa shape index (κ2) is 6.93. The number of thiazole rings is 1. The molecule has 1 heterocycles. The average Bonchev–Trinajstić information content (AvgIpc) is 2.82. The summed E-state index contributed by atoms with van der Waals surface area (Å²) in [5, 5.41) is 0. The molecule has 0 atom stereocenters. The standard InChI is InChI=1S/C14H12NS.H3O4P/c1-2-6-12(7-3-1)10-15-11-16-14-9-5-4-8-13(14)15;1-5(2,3)4/h1-9,11H,10H2;(H3,1,2,3,4)/q+1;/p-1. The largest absolute Gasteiger partial charge is 0.756 e. The number of phosphoric acid groups is 1. The molecule has 0 fully saturated rings. The summed E-state index contributed by atoms with van der Waals surface area (Å²) in [5.74, 6) is 0. The van der Waals surface area contributed by atoms with Crippen LogP contribution in [0.15, 0.2) is 60.1 Å². The SMILES string of the molecule is O=P([O-])(O)O.c1ccc(C[n+]2csc3ccccc32)cc1. The predicted molar refractivity (Wildman–Crippen MR) is 79.6 cm³/mol. The van der Waals surface area contributed by atoms with E-state index in [4.69, 9.17) is 19.2 Å². The Balaban J connectivity index is 0.000000282. The Kier molecular flexibility index (Phi) is 5.22. The number of hydrogen-bond donors (Lipinski definition) is 2.